The van der Waals surface area contributed by atoms with Gasteiger partial charge in [-0.1, -0.05) is 36.4 Å². The fourth-order valence-corrected chi connectivity index (χ4v) is 4.91. The number of ether oxygens (including phenoxy) is 1. The average Bonchev–Trinajstić information content (AvgIpc) is 2.84. The summed E-state index contributed by atoms with van der Waals surface area (Å²) < 4.78 is 32.9. The molecule has 9 nitrogen and oxygen atoms in total. The van der Waals surface area contributed by atoms with E-state index in [9.17, 15) is 23.3 Å². The molecule has 0 aliphatic carbocycles. The minimum atomic E-state index is -3.91. The van der Waals surface area contributed by atoms with E-state index in [4.69, 9.17) is 4.74 Å². The molecule has 10 heteroatoms. The van der Waals surface area contributed by atoms with Crippen LogP contribution in [0.4, 0.5) is 11.4 Å². The Bertz CT molecular complexity index is 1280. The molecular formula is C24H25N3O6S. The third-order valence-corrected chi connectivity index (χ3v) is 7.40. The van der Waals surface area contributed by atoms with Crippen LogP contribution in [0.25, 0.3) is 0 Å². The summed E-state index contributed by atoms with van der Waals surface area (Å²) in [5.74, 6) is 0.104. The van der Waals surface area contributed by atoms with Gasteiger partial charge in [0.05, 0.1) is 34.2 Å². The van der Waals surface area contributed by atoms with Crippen molar-refractivity contribution < 1.29 is 22.9 Å². The van der Waals surface area contributed by atoms with Crippen molar-refractivity contribution in [3.05, 3.63) is 94.0 Å². The van der Waals surface area contributed by atoms with Gasteiger partial charge in [0, 0.05) is 19.5 Å². The summed E-state index contributed by atoms with van der Waals surface area (Å²) in [6.45, 7) is 1.54. The van der Waals surface area contributed by atoms with Crippen LogP contribution in [0.5, 0.6) is 5.75 Å². The van der Waals surface area contributed by atoms with Gasteiger partial charge in [-0.3, -0.25) is 14.9 Å². The van der Waals surface area contributed by atoms with Crippen molar-refractivity contribution >= 4 is 27.3 Å². The number of carbonyl (C=O) groups is 1. The fourth-order valence-electron chi connectivity index (χ4n) is 3.54. The molecule has 0 bridgehead atoms. The number of amides is 1. The molecule has 0 aliphatic rings. The molecule has 3 aromatic carbocycles. The summed E-state index contributed by atoms with van der Waals surface area (Å²) >= 11 is 0. The highest BCUT2D eigenvalue weighted by molar-refractivity contribution is 7.89. The number of hydrogen-bond acceptors (Lipinski definition) is 6. The lowest BCUT2D eigenvalue weighted by molar-refractivity contribution is -0.385. The zero-order valence-corrected chi connectivity index (χ0v) is 19.8. The van der Waals surface area contributed by atoms with Crippen LogP contribution in [0.15, 0.2) is 77.7 Å². The Labute approximate surface area is 198 Å². The Morgan fingerprint density at radius 1 is 1.06 bits per heavy atom. The number of carbonyl (C=O) groups excluding carboxylic acids is 1. The van der Waals surface area contributed by atoms with Crippen molar-refractivity contribution in [2.75, 3.05) is 19.5 Å². The summed E-state index contributed by atoms with van der Waals surface area (Å²) in [6.07, 6.45) is -0.211. The minimum Gasteiger partial charge on any atom is -0.497 e. The predicted molar refractivity (Wildman–Crippen MR) is 128 cm³/mol. The number of benzene rings is 3. The van der Waals surface area contributed by atoms with Gasteiger partial charge in [-0.15, -0.1) is 0 Å². The lowest BCUT2D eigenvalue weighted by Gasteiger charge is -2.28. The molecule has 0 spiro atoms. The first-order valence-corrected chi connectivity index (χ1v) is 11.8. The van der Waals surface area contributed by atoms with Crippen molar-refractivity contribution in [2.24, 2.45) is 0 Å². The Kier molecular flexibility index (Phi) is 7.64. The second-order valence-electron chi connectivity index (χ2n) is 7.58. The number of hydrogen-bond donors (Lipinski definition) is 1. The van der Waals surface area contributed by atoms with Crippen molar-refractivity contribution in [1.29, 1.82) is 0 Å². The SMILES string of the molecule is COc1ccc([C@@H](CC(=O)Nc2cccc([N+](=O)[O-])c2C)N(C)S(=O)(=O)c2ccccc2)cc1. The first kappa shape index (κ1) is 24.9. The van der Waals surface area contributed by atoms with Crippen molar-refractivity contribution in [3.63, 3.8) is 0 Å². The van der Waals surface area contributed by atoms with Crippen LogP contribution in [0.2, 0.25) is 0 Å². The molecule has 178 valence electrons. The normalized spacial score (nSPS) is 12.2. The molecule has 1 N–H and O–H groups in total. The Morgan fingerprint density at radius 2 is 1.71 bits per heavy atom. The minimum absolute atomic E-state index is 0.103. The standard InChI is InChI=1S/C24H25N3O6S/c1-17-21(10-7-11-22(17)27(29)30)25-24(28)16-23(18-12-14-19(33-3)15-13-18)26(2)34(31,32)20-8-5-4-6-9-20/h4-15,23H,16H2,1-3H3,(H,25,28)/t23-/m1/s1. The molecule has 1 amide bonds. The van der Waals surface area contributed by atoms with E-state index in [1.165, 1.54) is 38.4 Å². The molecule has 0 aromatic heterocycles. The Balaban J connectivity index is 1.93. The maximum Gasteiger partial charge on any atom is 0.274 e. The van der Waals surface area contributed by atoms with Crippen LogP contribution in [0.1, 0.15) is 23.6 Å². The number of rotatable bonds is 9. The van der Waals surface area contributed by atoms with E-state index in [1.54, 1.807) is 55.5 Å². The van der Waals surface area contributed by atoms with Crippen LogP contribution in [0.3, 0.4) is 0 Å². The highest BCUT2D eigenvalue weighted by Gasteiger charge is 2.31. The van der Waals surface area contributed by atoms with E-state index in [2.05, 4.69) is 5.32 Å². The van der Waals surface area contributed by atoms with Gasteiger partial charge in [-0.2, -0.15) is 4.31 Å². The van der Waals surface area contributed by atoms with Gasteiger partial charge in [0.15, 0.2) is 0 Å². The first-order chi connectivity index (χ1) is 16.1. The molecule has 0 aliphatic heterocycles. The first-order valence-electron chi connectivity index (χ1n) is 10.4. The Hall–Kier alpha value is -3.76. The van der Waals surface area contributed by atoms with Gasteiger partial charge >= 0.3 is 0 Å². The van der Waals surface area contributed by atoms with Crippen LogP contribution in [-0.4, -0.2) is 37.7 Å². The van der Waals surface area contributed by atoms with Crippen molar-refractivity contribution in [1.82, 2.24) is 4.31 Å². The molecule has 1 atom stereocenters. The quantitative estimate of drug-likeness (QED) is 0.358. The summed E-state index contributed by atoms with van der Waals surface area (Å²) in [4.78, 5) is 23.8. The largest absolute Gasteiger partial charge is 0.497 e. The molecule has 0 radical (unpaired) electrons. The van der Waals surface area contributed by atoms with E-state index in [0.717, 1.165) is 4.31 Å². The van der Waals surface area contributed by atoms with E-state index >= 15 is 0 Å². The lowest BCUT2D eigenvalue weighted by atomic mass is 10.0. The van der Waals surface area contributed by atoms with Crippen LogP contribution in [0, 0.1) is 17.0 Å². The van der Waals surface area contributed by atoms with E-state index in [0.29, 0.717) is 22.6 Å². The van der Waals surface area contributed by atoms with Crippen molar-refractivity contribution in [2.45, 2.75) is 24.3 Å². The molecule has 0 unspecified atom stereocenters. The van der Waals surface area contributed by atoms with Crippen LogP contribution in [-0.2, 0) is 14.8 Å². The van der Waals surface area contributed by atoms with Gasteiger partial charge in [0.25, 0.3) is 5.69 Å². The second-order valence-corrected chi connectivity index (χ2v) is 9.58. The molecule has 3 rings (SSSR count). The van der Waals surface area contributed by atoms with Gasteiger partial charge < -0.3 is 10.1 Å². The number of nitro benzene ring substituents is 1. The predicted octanol–water partition coefficient (Wildman–Crippen LogP) is 4.30. The summed E-state index contributed by atoms with van der Waals surface area (Å²) in [5, 5.41) is 13.9. The van der Waals surface area contributed by atoms with E-state index < -0.39 is 26.9 Å². The smallest absolute Gasteiger partial charge is 0.274 e. The summed E-state index contributed by atoms with van der Waals surface area (Å²) in [7, 11) is -0.973. The lowest BCUT2D eigenvalue weighted by Crippen LogP contribution is -2.34. The molecule has 0 heterocycles. The maximum atomic E-state index is 13.3. The van der Waals surface area contributed by atoms with Crippen LogP contribution < -0.4 is 10.1 Å². The highest BCUT2D eigenvalue weighted by atomic mass is 32.2. The monoisotopic (exact) mass is 483 g/mol. The fraction of sp³-hybridized carbons (Fsp3) is 0.208. The maximum absolute atomic E-state index is 13.3. The second kappa shape index (κ2) is 10.4. The molecular weight excluding hydrogens is 458 g/mol. The summed E-state index contributed by atoms with van der Waals surface area (Å²) in [5.41, 5.74) is 1.08. The zero-order valence-electron chi connectivity index (χ0n) is 19.0. The zero-order chi connectivity index (χ0) is 24.9. The molecule has 0 fully saturated rings. The number of anilines is 1. The third-order valence-electron chi connectivity index (χ3n) is 5.51. The van der Waals surface area contributed by atoms with Crippen LogP contribution >= 0.6 is 0 Å². The van der Waals surface area contributed by atoms with Gasteiger partial charge in [-0.05, 0) is 42.8 Å². The van der Waals surface area contributed by atoms with Gasteiger partial charge in [0.1, 0.15) is 5.75 Å². The Morgan fingerprint density at radius 3 is 2.29 bits per heavy atom. The van der Waals surface area contributed by atoms with E-state index in [1.807, 2.05) is 0 Å². The summed E-state index contributed by atoms with van der Waals surface area (Å²) in [6, 6.07) is 18.3. The number of sulfonamides is 1. The highest BCUT2D eigenvalue weighted by Crippen LogP contribution is 2.31. The van der Waals surface area contributed by atoms with Gasteiger partial charge in [-0.25, -0.2) is 8.42 Å². The molecule has 34 heavy (non-hydrogen) atoms. The van der Waals surface area contributed by atoms with Gasteiger partial charge in [0.2, 0.25) is 15.9 Å². The molecule has 0 saturated carbocycles. The average molecular weight is 484 g/mol. The molecule has 3 aromatic rings. The number of nitrogens with zero attached hydrogens (tertiary/aromatic N) is 2. The topological polar surface area (TPSA) is 119 Å². The number of methoxy groups -OCH3 is 1. The van der Waals surface area contributed by atoms with E-state index in [-0.39, 0.29) is 17.0 Å². The molecule has 0 saturated heterocycles. The number of nitro groups is 1. The number of nitrogens with one attached hydrogen (secondary N) is 1. The third kappa shape index (κ3) is 5.41. The van der Waals surface area contributed by atoms with Crippen molar-refractivity contribution in [3.8, 4) is 5.75 Å².